The van der Waals surface area contributed by atoms with Crippen molar-refractivity contribution >= 4 is 27.3 Å². The van der Waals surface area contributed by atoms with E-state index in [0.29, 0.717) is 0 Å². The van der Waals surface area contributed by atoms with Crippen LogP contribution in [0.25, 0.3) is 0 Å². The molecule has 0 heterocycles. The molecule has 29 valence electrons. The van der Waals surface area contributed by atoms with Gasteiger partial charge in [0.05, 0.1) is 0 Å². The van der Waals surface area contributed by atoms with E-state index in [-0.39, 0.29) is 27.3 Å². The summed E-state index contributed by atoms with van der Waals surface area (Å²) in [7, 11) is 0. The molecular formula is HIO3Tl. The maximum Gasteiger partial charge on any atom is 0.503 e. The minimum absolute atomic E-state index is 0. The first-order valence-electron chi connectivity index (χ1n) is 0.478. The van der Waals surface area contributed by atoms with Gasteiger partial charge in [-0.2, -0.15) is 0 Å². The van der Waals surface area contributed by atoms with E-state index in [2.05, 4.69) is 0 Å². The fourth-order valence-corrected chi connectivity index (χ4v) is 0. The number of halogens is 1. The van der Waals surface area contributed by atoms with Crippen LogP contribution in [0, 0.1) is 0 Å². The summed E-state index contributed by atoms with van der Waals surface area (Å²) in [4.78, 5) is 0. The van der Waals surface area contributed by atoms with E-state index in [1.165, 1.54) is 0 Å². The van der Waals surface area contributed by atoms with Crippen molar-refractivity contribution in [1.82, 2.24) is 0 Å². The van der Waals surface area contributed by atoms with Gasteiger partial charge in [0.1, 0.15) is 0 Å². The Labute approximate surface area is 58.2 Å². The van der Waals surface area contributed by atoms with E-state index >= 15 is 0 Å². The van der Waals surface area contributed by atoms with Crippen LogP contribution in [0.15, 0.2) is 0 Å². The van der Waals surface area contributed by atoms with Crippen molar-refractivity contribution in [3.8, 4) is 0 Å². The summed E-state index contributed by atoms with van der Waals surface area (Å²) in [5, 5.41) is 0. The molecule has 0 spiro atoms. The van der Waals surface area contributed by atoms with E-state index in [4.69, 9.17) is 10.3 Å². The van der Waals surface area contributed by atoms with Gasteiger partial charge in [-0.15, -0.1) is 0 Å². The molecule has 0 rings (SSSR count). The van der Waals surface area contributed by atoms with Crippen LogP contribution in [0.3, 0.4) is 0 Å². The zero-order valence-electron chi connectivity index (χ0n) is 2.22. The summed E-state index contributed by atoms with van der Waals surface area (Å²) >= 11 is -3.76. The second-order valence-electron chi connectivity index (χ2n) is 0.201. The Kier molecular flexibility index (Phi) is 10.8. The molecule has 0 atom stereocenters. The molecule has 0 aliphatic heterocycles. The fraction of sp³-hybridized carbons (Fsp3) is 0. The van der Waals surface area contributed by atoms with Crippen LogP contribution < -0.4 is 27.9 Å². The predicted octanol–water partition coefficient (Wildman–Crippen LogP) is -6.31. The van der Waals surface area contributed by atoms with Gasteiger partial charge in [0.2, 0.25) is 0 Å². The van der Waals surface area contributed by atoms with Gasteiger partial charge in [-0.25, -0.2) is 0 Å². The molecular weight excluding hydrogens is 379 g/mol. The summed E-state index contributed by atoms with van der Waals surface area (Å²) in [6, 6.07) is 0. The third-order valence-corrected chi connectivity index (χ3v) is 0. The molecule has 0 aliphatic carbocycles. The molecule has 0 saturated carbocycles. The topological polar surface area (TPSA) is 66.3 Å². The molecule has 0 unspecified atom stereocenters. The summed E-state index contributed by atoms with van der Waals surface area (Å²) in [6.45, 7) is 0. The molecule has 5 heavy (non-hydrogen) atoms. The molecule has 0 aromatic carbocycles. The number of hydrogen-bond donors (Lipinski definition) is 1. The summed E-state index contributed by atoms with van der Waals surface area (Å²) in [5.74, 6) is 0. The molecule has 5 heteroatoms. The molecule has 3 nitrogen and oxygen atoms in total. The first-order chi connectivity index (χ1) is 1.73. The average Bonchev–Trinajstić information content (AvgIpc) is 0.811. The Morgan fingerprint density at radius 2 is 1.40 bits per heavy atom. The summed E-state index contributed by atoms with van der Waals surface area (Å²) in [6.07, 6.45) is 0. The molecule has 0 aromatic rings. The van der Waals surface area contributed by atoms with E-state index in [0.717, 1.165) is 0 Å². The average molecular weight is 380 g/mol. The maximum absolute atomic E-state index is 8.68. The van der Waals surface area contributed by atoms with Crippen molar-refractivity contribution < 1.29 is 31.4 Å². The van der Waals surface area contributed by atoms with Crippen LogP contribution in [0.5, 0.6) is 0 Å². The molecule has 0 amide bonds. The van der Waals surface area contributed by atoms with E-state index < -0.39 is 21.1 Å². The van der Waals surface area contributed by atoms with Gasteiger partial charge in [-0.1, -0.05) is 0 Å². The molecule has 0 aromatic heterocycles. The van der Waals surface area contributed by atoms with E-state index in [1.807, 2.05) is 0 Å². The van der Waals surface area contributed by atoms with Crippen LogP contribution in [-0.4, -0.2) is 30.7 Å². The van der Waals surface area contributed by atoms with Crippen molar-refractivity contribution in [2.75, 3.05) is 0 Å². The molecule has 0 aliphatic rings. The molecule has 1 N–H and O–H groups in total. The normalized spacial score (nSPS) is 7.20. The summed E-state index contributed by atoms with van der Waals surface area (Å²) in [5.41, 5.74) is 0. The molecule has 0 saturated heterocycles. The monoisotopic (exact) mass is 381 g/mol. The van der Waals surface area contributed by atoms with Crippen molar-refractivity contribution in [2.45, 2.75) is 0 Å². The third kappa shape index (κ3) is 29.4. The Morgan fingerprint density at radius 3 is 1.40 bits per heavy atom. The Hall–Kier alpha value is 1.53. The van der Waals surface area contributed by atoms with Gasteiger partial charge in [0.15, 0.2) is 0 Å². The summed E-state index contributed by atoms with van der Waals surface area (Å²) < 4.78 is 24.5. The van der Waals surface area contributed by atoms with Gasteiger partial charge in [-0.05, 0) is 3.44 Å². The number of rotatable bonds is 0. The zero-order valence-corrected chi connectivity index (χ0v) is 8.87. The first-order valence-corrected chi connectivity index (χ1v) is 3.20. The zero-order chi connectivity index (χ0) is 3.58. The van der Waals surface area contributed by atoms with Gasteiger partial charge in [0.25, 0.3) is 0 Å². The van der Waals surface area contributed by atoms with Crippen molar-refractivity contribution in [1.29, 1.82) is 0 Å². The Balaban J connectivity index is 0. The smallest absolute Gasteiger partial charge is 0.396 e. The van der Waals surface area contributed by atoms with Crippen LogP contribution >= 0.6 is 0 Å². The van der Waals surface area contributed by atoms with Crippen LogP contribution in [0.4, 0.5) is 0 Å². The van der Waals surface area contributed by atoms with Crippen molar-refractivity contribution in [3.63, 3.8) is 0 Å². The molecule has 0 bridgehead atoms. The number of hydrogen-bond acceptors (Lipinski definition) is 3. The predicted molar refractivity (Wildman–Crippen MR) is 7.97 cm³/mol. The van der Waals surface area contributed by atoms with Gasteiger partial charge >= 0.3 is 21.1 Å². The fourth-order valence-electron chi connectivity index (χ4n) is 0. The second kappa shape index (κ2) is 5.53. The van der Waals surface area contributed by atoms with Gasteiger partial charge in [0, 0.05) is 27.3 Å². The Bertz CT molecular complexity index is 11.6. The van der Waals surface area contributed by atoms with E-state index in [9.17, 15) is 0 Å². The first kappa shape index (κ1) is 9.73. The van der Waals surface area contributed by atoms with Crippen LogP contribution in [0.1, 0.15) is 0 Å². The quantitative estimate of drug-likeness (QED) is 0.336. The SMILES string of the molecule is [O-][I+2]([O-])O.[Tl]. The maximum atomic E-state index is 8.68. The minimum atomic E-state index is -3.76. The largest absolute Gasteiger partial charge is 0.503 e. The third-order valence-electron chi connectivity index (χ3n) is 0. The second-order valence-corrected chi connectivity index (χ2v) is 1.35. The van der Waals surface area contributed by atoms with Gasteiger partial charge < -0.3 is 6.87 Å². The van der Waals surface area contributed by atoms with Crippen LogP contribution in [0.2, 0.25) is 0 Å². The standard InChI is InChI=1S/HIO3.Tl/c2-1(3)4;/h2H;. The van der Waals surface area contributed by atoms with Crippen molar-refractivity contribution in [3.05, 3.63) is 0 Å². The molecule has 0 fully saturated rings. The molecule has 1 radical (unpaired) electrons. The Morgan fingerprint density at radius 1 is 1.40 bits per heavy atom. The van der Waals surface area contributed by atoms with Gasteiger partial charge in [-0.3, -0.25) is 0 Å². The van der Waals surface area contributed by atoms with E-state index in [1.54, 1.807) is 0 Å². The minimum Gasteiger partial charge on any atom is -0.396 e. The van der Waals surface area contributed by atoms with Crippen LogP contribution in [-0.2, 0) is 0 Å². The van der Waals surface area contributed by atoms with Crippen molar-refractivity contribution in [2.24, 2.45) is 0 Å².